The second kappa shape index (κ2) is 11.9. The van der Waals surface area contributed by atoms with E-state index in [1.54, 1.807) is 24.1 Å². The Hall–Kier alpha value is -2.32. The number of halogens is 1. The van der Waals surface area contributed by atoms with Crippen LogP contribution < -0.4 is 0 Å². The molecular formula is C24H31FN2O4. The van der Waals surface area contributed by atoms with E-state index in [-0.39, 0.29) is 17.6 Å². The number of benzene rings is 2. The summed E-state index contributed by atoms with van der Waals surface area (Å²) in [6, 6.07) is 15.9. The molecule has 0 radical (unpaired) electrons. The van der Waals surface area contributed by atoms with Gasteiger partial charge in [0.25, 0.3) is 5.91 Å². The highest BCUT2D eigenvalue weighted by molar-refractivity contribution is 5.94. The van der Waals surface area contributed by atoms with Crippen molar-refractivity contribution >= 4 is 5.91 Å². The molecule has 2 aromatic carbocycles. The minimum absolute atomic E-state index is 0.0459. The maximum absolute atomic E-state index is 14.1. The molecule has 168 valence electrons. The number of β-amino-alcohol motifs (C(OH)–C–C–N with tert-alkyl or cyclic N) is 1. The summed E-state index contributed by atoms with van der Waals surface area (Å²) >= 11 is 0. The maximum atomic E-state index is 14.1. The predicted octanol–water partition coefficient (Wildman–Crippen LogP) is 2.22. The summed E-state index contributed by atoms with van der Waals surface area (Å²) in [6.07, 6.45) is -0.106. The molecule has 1 amide bonds. The van der Waals surface area contributed by atoms with E-state index in [0.717, 1.165) is 12.1 Å². The van der Waals surface area contributed by atoms with Crippen LogP contribution in [-0.2, 0) is 15.9 Å². The molecule has 1 heterocycles. The van der Waals surface area contributed by atoms with Gasteiger partial charge in [0.1, 0.15) is 5.82 Å². The molecule has 0 aromatic heterocycles. The number of aliphatic hydroxyl groups excluding tert-OH is 1. The van der Waals surface area contributed by atoms with Crippen molar-refractivity contribution in [2.75, 3.05) is 53.0 Å². The number of carbonyl (C=O) groups excluding carboxylic acids is 1. The van der Waals surface area contributed by atoms with Gasteiger partial charge < -0.3 is 19.5 Å². The fraction of sp³-hybridized carbons (Fsp3) is 0.458. The molecule has 0 spiro atoms. The fourth-order valence-electron chi connectivity index (χ4n) is 3.83. The standard InChI is InChI=1S/C24H31FN2O4/c1-30-13-12-27(24(29)22-9-5-6-10-23(22)25)18-21-17-26(11-14-31-21)16-20(28)15-19-7-3-2-4-8-19/h2-10,20-21,28H,11-18H2,1H3/t20-,21-/m0/s1. The average molecular weight is 431 g/mol. The van der Waals surface area contributed by atoms with E-state index >= 15 is 0 Å². The lowest BCUT2D eigenvalue weighted by atomic mass is 10.1. The third kappa shape index (κ3) is 7.11. The Balaban J connectivity index is 1.58. The minimum Gasteiger partial charge on any atom is -0.391 e. The summed E-state index contributed by atoms with van der Waals surface area (Å²) in [5.74, 6) is -0.912. The number of morpholine rings is 1. The van der Waals surface area contributed by atoms with Crippen LogP contribution in [0, 0.1) is 5.82 Å². The fourth-order valence-corrected chi connectivity index (χ4v) is 3.83. The lowest BCUT2D eigenvalue weighted by Gasteiger charge is -2.36. The van der Waals surface area contributed by atoms with Gasteiger partial charge in [0.05, 0.1) is 31.0 Å². The Morgan fingerprint density at radius 3 is 2.74 bits per heavy atom. The molecule has 7 heteroatoms. The van der Waals surface area contributed by atoms with E-state index < -0.39 is 11.9 Å². The van der Waals surface area contributed by atoms with Gasteiger partial charge in [-0.25, -0.2) is 4.39 Å². The van der Waals surface area contributed by atoms with Gasteiger partial charge >= 0.3 is 0 Å². The van der Waals surface area contributed by atoms with Crippen molar-refractivity contribution in [2.24, 2.45) is 0 Å². The number of hydrogen-bond donors (Lipinski definition) is 1. The summed E-state index contributed by atoms with van der Waals surface area (Å²) in [5.41, 5.74) is 1.14. The zero-order valence-corrected chi connectivity index (χ0v) is 18.0. The van der Waals surface area contributed by atoms with Crippen LogP contribution in [-0.4, -0.2) is 86.1 Å². The molecule has 1 aliphatic heterocycles. The van der Waals surface area contributed by atoms with Crippen LogP contribution in [0.25, 0.3) is 0 Å². The Bertz CT molecular complexity index is 820. The van der Waals surface area contributed by atoms with Crippen molar-refractivity contribution in [3.63, 3.8) is 0 Å². The van der Waals surface area contributed by atoms with Crippen LogP contribution in [0.4, 0.5) is 4.39 Å². The first-order valence-electron chi connectivity index (χ1n) is 10.7. The first-order valence-corrected chi connectivity index (χ1v) is 10.7. The predicted molar refractivity (Wildman–Crippen MR) is 117 cm³/mol. The zero-order chi connectivity index (χ0) is 22.1. The van der Waals surface area contributed by atoms with Crippen molar-refractivity contribution in [3.8, 4) is 0 Å². The Kier molecular flexibility index (Phi) is 8.97. The van der Waals surface area contributed by atoms with Gasteiger partial charge in [0.2, 0.25) is 0 Å². The molecule has 0 saturated carbocycles. The van der Waals surface area contributed by atoms with Crippen molar-refractivity contribution in [2.45, 2.75) is 18.6 Å². The molecule has 3 rings (SSSR count). The first kappa shape index (κ1) is 23.3. The molecule has 1 saturated heterocycles. The lowest BCUT2D eigenvalue weighted by molar-refractivity contribution is -0.0515. The van der Waals surface area contributed by atoms with Gasteiger partial charge in [-0.2, -0.15) is 0 Å². The SMILES string of the molecule is COCCN(C[C@@H]1CN(C[C@@H](O)Cc2ccccc2)CCO1)C(=O)c1ccccc1F. The summed E-state index contributed by atoms with van der Waals surface area (Å²) in [4.78, 5) is 16.7. The number of carbonyl (C=O) groups is 1. The molecule has 0 aliphatic carbocycles. The van der Waals surface area contributed by atoms with Crippen LogP contribution in [0.5, 0.6) is 0 Å². The van der Waals surface area contributed by atoms with Gasteiger partial charge in [0, 0.05) is 39.8 Å². The molecule has 1 N–H and O–H groups in total. The third-order valence-electron chi connectivity index (χ3n) is 5.39. The number of rotatable bonds is 10. The van der Waals surface area contributed by atoms with Crippen molar-refractivity contribution < 1.29 is 23.8 Å². The van der Waals surface area contributed by atoms with E-state index in [2.05, 4.69) is 4.90 Å². The second-order valence-corrected chi connectivity index (χ2v) is 7.82. The number of methoxy groups -OCH3 is 1. The first-order chi connectivity index (χ1) is 15.1. The summed E-state index contributed by atoms with van der Waals surface area (Å²) < 4.78 is 25.2. The van der Waals surface area contributed by atoms with Crippen LogP contribution in [0.3, 0.4) is 0 Å². The van der Waals surface area contributed by atoms with Crippen LogP contribution in [0.1, 0.15) is 15.9 Å². The van der Waals surface area contributed by atoms with Crippen LogP contribution >= 0.6 is 0 Å². The molecular weight excluding hydrogens is 399 g/mol. The highest BCUT2D eigenvalue weighted by atomic mass is 19.1. The summed E-state index contributed by atoms with van der Waals surface area (Å²) in [7, 11) is 1.57. The van der Waals surface area contributed by atoms with E-state index in [1.165, 1.54) is 12.1 Å². The van der Waals surface area contributed by atoms with E-state index in [1.807, 2.05) is 30.3 Å². The average Bonchev–Trinajstić information content (AvgIpc) is 2.77. The highest BCUT2D eigenvalue weighted by Crippen LogP contribution is 2.14. The number of aliphatic hydroxyl groups is 1. The van der Waals surface area contributed by atoms with Gasteiger partial charge in [-0.1, -0.05) is 42.5 Å². The Morgan fingerprint density at radius 2 is 2.00 bits per heavy atom. The second-order valence-electron chi connectivity index (χ2n) is 7.82. The highest BCUT2D eigenvalue weighted by Gasteiger charge is 2.27. The zero-order valence-electron chi connectivity index (χ0n) is 18.0. The van der Waals surface area contributed by atoms with Gasteiger partial charge in [-0.05, 0) is 24.1 Å². The van der Waals surface area contributed by atoms with Crippen LogP contribution in [0.15, 0.2) is 54.6 Å². The molecule has 0 unspecified atom stereocenters. The monoisotopic (exact) mass is 430 g/mol. The molecule has 0 bridgehead atoms. The van der Waals surface area contributed by atoms with E-state index in [0.29, 0.717) is 45.8 Å². The van der Waals surface area contributed by atoms with E-state index in [9.17, 15) is 14.3 Å². The largest absolute Gasteiger partial charge is 0.391 e. The molecule has 6 nitrogen and oxygen atoms in total. The topological polar surface area (TPSA) is 62.2 Å². The number of ether oxygens (including phenoxy) is 2. The van der Waals surface area contributed by atoms with Crippen molar-refractivity contribution in [1.82, 2.24) is 9.80 Å². The molecule has 2 atom stereocenters. The summed E-state index contributed by atoms with van der Waals surface area (Å²) in [5, 5.41) is 10.5. The number of hydrogen-bond acceptors (Lipinski definition) is 5. The van der Waals surface area contributed by atoms with Gasteiger partial charge in [0.15, 0.2) is 0 Å². The Labute approximate surface area is 183 Å². The molecule has 1 fully saturated rings. The Morgan fingerprint density at radius 1 is 1.26 bits per heavy atom. The number of nitrogens with zero attached hydrogens (tertiary/aromatic N) is 2. The normalized spacial score (nSPS) is 18.0. The van der Waals surface area contributed by atoms with Crippen molar-refractivity contribution in [3.05, 3.63) is 71.5 Å². The third-order valence-corrected chi connectivity index (χ3v) is 5.39. The van der Waals surface area contributed by atoms with Gasteiger partial charge in [-0.15, -0.1) is 0 Å². The van der Waals surface area contributed by atoms with E-state index in [4.69, 9.17) is 9.47 Å². The van der Waals surface area contributed by atoms with Gasteiger partial charge in [-0.3, -0.25) is 9.69 Å². The molecule has 31 heavy (non-hydrogen) atoms. The quantitative estimate of drug-likeness (QED) is 0.626. The smallest absolute Gasteiger partial charge is 0.256 e. The maximum Gasteiger partial charge on any atom is 0.256 e. The lowest BCUT2D eigenvalue weighted by Crippen LogP contribution is -2.51. The number of amides is 1. The van der Waals surface area contributed by atoms with Crippen LogP contribution in [0.2, 0.25) is 0 Å². The molecule has 2 aromatic rings. The minimum atomic E-state index is -0.537. The summed E-state index contributed by atoms with van der Waals surface area (Å²) in [6.45, 7) is 3.42. The van der Waals surface area contributed by atoms with Crippen molar-refractivity contribution in [1.29, 1.82) is 0 Å². The molecule has 1 aliphatic rings.